The molecule has 1 aromatic carbocycles. The molecule has 2 aromatic rings. The van der Waals surface area contributed by atoms with Gasteiger partial charge in [-0.3, -0.25) is 0 Å². The number of hydrogen-bond donors (Lipinski definition) is 1. The fourth-order valence-corrected chi connectivity index (χ4v) is 2.27. The molecule has 2 N–H and O–H groups in total. The van der Waals surface area contributed by atoms with Crippen LogP contribution in [-0.2, 0) is 6.42 Å². The number of halogens is 1. The third kappa shape index (κ3) is 2.23. The molecule has 0 fully saturated rings. The maximum absolute atomic E-state index is 6.22. The Hall–Kier alpha value is -1.48. The number of benzene rings is 1. The summed E-state index contributed by atoms with van der Waals surface area (Å²) in [7, 11) is 0. The van der Waals surface area contributed by atoms with Gasteiger partial charge in [0.25, 0.3) is 0 Å². The Morgan fingerprint density at radius 1 is 1.28 bits per heavy atom. The molecule has 0 aliphatic rings. The Balaban J connectivity index is 2.55. The molecular formula is C14H18ClN3. The van der Waals surface area contributed by atoms with Crippen molar-refractivity contribution < 1.29 is 0 Å². The predicted octanol–water partition coefficient (Wildman–Crippen LogP) is 3.93. The van der Waals surface area contributed by atoms with Gasteiger partial charge in [0.2, 0.25) is 0 Å². The molecule has 0 radical (unpaired) electrons. The van der Waals surface area contributed by atoms with Crippen molar-refractivity contribution >= 4 is 17.4 Å². The zero-order valence-corrected chi connectivity index (χ0v) is 11.7. The van der Waals surface area contributed by atoms with E-state index in [1.165, 1.54) is 0 Å². The average Bonchev–Trinajstić information content (AvgIpc) is 2.67. The van der Waals surface area contributed by atoms with Crippen LogP contribution in [0.2, 0.25) is 5.02 Å². The van der Waals surface area contributed by atoms with E-state index < -0.39 is 0 Å². The number of anilines is 1. The zero-order valence-electron chi connectivity index (χ0n) is 10.9. The molecule has 18 heavy (non-hydrogen) atoms. The highest BCUT2D eigenvalue weighted by Gasteiger charge is 2.16. The van der Waals surface area contributed by atoms with Crippen LogP contribution in [0.1, 0.15) is 32.6 Å². The minimum Gasteiger partial charge on any atom is -0.383 e. The maximum Gasteiger partial charge on any atom is 0.131 e. The molecule has 1 aromatic heterocycles. The van der Waals surface area contributed by atoms with Gasteiger partial charge in [-0.1, -0.05) is 30.7 Å². The van der Waals surface area contributed by atoms with E-state index in [2.05, 4.69) is 30.3 Å². The van der Waals surface area contributed by atoms with Gasteiger partial charge in [-0.15, -0.1) is 0 Å². The Bertz CT molecular complexity index is 541. The molecule has 0 aliphatic carbocycles. The van der Waals surface area contributed by atoms with Gasteiger partial charge in [0.05, 0.1) is 0 Å². The fourth-order valence-electron chi connectivity index (χ4n) is 2.14. The van der Waals surface area contributed by atoms with Crippen LogP contribution in [0.15, 0.2) is 24.3 Å². The summed E-state index contributed by atoms with van der Waals surface area (Å²) in [5, 5.41) is 0.719. The highest BCUT2D eigenvalue weighted by molar-refractivity contribution is 6.30. The first-order valence-corrected chi connectivity index (χ1v) is 6.54. The predicted molar refractivity (Wildman–Crippen MR) is 76.8 cm³/mol. The zero-order chi connectivity index (χ0) is 13.3. The molecule has 1 heterocycles. The largest absolute Gasteiger partial charge is 0.383 e. The van der Waals surface area contributed by atoms with Gasteiger partial charge in [0.15, 0.2) is 0 Å². The van der Waals surface area contributed by atoms with Crippen molar-refractivity contribution in [2.24, 2.45) is 0 Å². The summed E-state index contributed by atoms with van der Waals surface area (Å²) in [6, 6.07) is 7.93. The lowest BCUT2D eigenvalue weighted by Gasteiger charge is -2.12. The number of hydrogen-bond acceptors (Lipinski definition) is 2. The van der Waals surface area contributed by atoms with Crippen molar-refractivity contribution in [2.75, 3.05) is 5.73 Å². The normalized spacial score (nSPS) is 11.2. The number of nitrogens with two attached hydrogens (primary N) is 1. The van der Waals surface area contributed by atoms with Crippen molar-refractivity contribution in [3.63, 3.8) is 0 Å². The Kier molecular flexibility index (Phi) is 3.62. The summed E-state index contributed by atoms with van der Waals surface area (Å²) in [5.74, 6) is 1.75. The van der Waals surface area contributed by atoms with Gasteiger partial charge < -0.3 is 10.3 Å². The van der Waals surface area contributed by atoms with Crippen LogP contribution in [0, 0.1) is 0 Å². The average molecular weight is 264 g/mol. The molecule has 0 aliphatic heterocycles. The Morgan fingerprint density at radius 3 is 2.33 bits per heavy atom. The smallest absolute Gasteiger partial charge is 0.131 e. The number of nitrogens with zero attached hydrogens (tertiary/aromatic N) is 2. The summed E-state index contributed by atoms with van der Waals surface area (Å²) in [6.07, 6.45) is 0.871. The lowest BCUT2D eigenvalue weighted by molar-refractivity contribution is 0.579. The minimum atomic E-state index is 0.313. The van der Waals surface area contributed by atoms with Crippen LogP contribution in [0.5, 0.6) is 0 Å². The topological polar surface area (TPSA) is 43.8 Å². The first kappa shape index (κ1) is 13.0. The molecule has 0 spiro atoms. The highest BCUT2D eigenvalue weighted by atomic mass is 35.5. The molecule has 0 saturated heterocycles. The first-order valence-electron chi connectivity index (χ1n) is 6.17. The molecular weight excluding hydrogens is 246 g/mol. The number of nitrogen functional groups attached to an aromatic ring is 1. The third-order valence-corrected chi connectivity index (χ3v) is 3.22. The molecule has 3 nitrogen and oxygen atoms in total. The number of aromatic nitrogens is 2. The lowest BCUT2D eigenvalue weighted by atomic mass is 10.1. The van der Waals surface area contributed by atoms with E-state index in [1.54, 1.807) is 0 Å². The first-order chi connectivity index (χ1) is 8.54. The minimum absolute atomic E-state index is 0.313. The quantitative estimate of drug-likeness (QED) is 0.912. The van der Waals surface area contributed by atoms with E-state index in [0.29, 0.717) is 6.04 Å². The molecule has 4 heteroatoms. The van der Waals surface area contributed by atoms with E-state index in [0.717, 1.165) is 34.3 Å². The van der Waals surface area contributed by atoms with Gasteiger partial charge in [-0.25, -0.2) is 4.98 Å². The third-order valence-electron chi connectivity index (χ3n) is 2.97. The van der Waals surface area contributed by atoms with Gasteiger partial charge in [0, 0.05) is 23.0 Å². The van der Waals surface area contributed by atoms with Gasteiger partial charge in [0.1, 0.15) is 17.3 Å². The van der Waals surface area contributed by atoms with Crippen LogP contribution in [0.3, 0.4) is 0 Å². The van der Waals surface area contributed by atoms with Crippen LogP contribution < -0.4 is 5.73 Å². The lowest BCUT2D eigenvalue weighted by Crippen LogP contribution is -2.08. The van der Waals surface area contributed by atoms with Crippen LogP contribution in [-0.4, -0.2) is 9.55 Å². The summed E-state index contributed by atoms with van der Waals surface area (Å²) < 4.78 is 2.09. The van der Waals surface area contributed by atoms with E-state index >= 15 is 0 Å². The highest BCUT2D eigenvalue weighted by Crippen LogP contribution is 2.29. The molecule has 0 atom stereocenters. The number of rotatable bonds is 3. The van der Waals surface area contributed by atoms with Crippen LogP contribution in [0.4, 0.5) is 5.82 Å². The molecule has 0 unspecified atom stereocenters. The van der Waals surface area contributed by atoms with Crippen molar-refractivity contribution in [3.8, 4) is 11.3 Å². The summed E-state index contributed by atoms with van der Waals surface area (Å²) in [4.78, 5) is 4.64. The molecule has 0 bridgehead atoms. The summed E-state index contributed by atoms with van der Waals surface area (Å²) >= 11 is 5.90. The SMILES string of the molecule is CCc1nc(-c2ccc(Cl)cc2)c(N)n1C(C)C. The summed E-state index contributed by atoms with van der Waals surface area (Å²) in [5.41, 5.74) is 8.07. The van der Waals surface area contributed by atoms with Gasteiger partial charge in [-0.2, -0.15) is 0 Å². The van der Waals surface area contributed by atoms with E-state index in [1.807, 2.05) is 24.3 Å². The molecule has 2 rings (SSSR count). The Labute approximate surface area is 113 Å². The standard InChI is InChI=1S/C14H18ClN3/c1-4-12-17-13(14(16)18(12)9(2)3)10-5-7-11(15)8-6-10/h5-9H,4,16H2,1-3H3. The Morgan fingerprint density at radius 2 is 1.89 bits per heavy atom. The van der Waals surface area contributed by atoms with Crippen molar-refractivity contribution in [1.29, 1.82) is 0 Å². The number of aryl methyl sites for hydroxylation is 1. The molecule has 0 amide bonds. The van der Waals surface area contributed by atoms with Gasteiger partial charge in [-0.05, 0) is 26.0 Å². The number of imidazole rings is 1. The second kappa shape index (κ2) is 5.02. The van der Waals surface area contributed by atoms with Crippen LogP contribution in [0.25, 0.3) is 11.3 Å². The van der Waals surface area contributed by atoms with E-state index in [4.69, 9.17) is 17.3 Å². The second-order valence-electron chi connectivity index (χ2n) is 4.59. The molecule has 0 saturated carbocycles. The van der Waals surface area contributed by atoms with Crippen LogP contribution >= 0.6 is 11.6 Å². The summed E-state index contributed by atoms with van der Waals surface area (Å²) in [6.45, 7) is 6.32. The van der Waals surface area contributed by atoms with Gasteiger partial charge >= 0.3 is 0 Å². The van der Waals surface area contributed by atoms with Crippen molar-refractivity contribution in [3.05, 3.63) is 35.1 Å². The maximum atomic E-state index is 6.22. The van der Waals surface area contributed by atoms with E-state index in [-0.39, 0.29) is 0 Å². The van der Waals surface area contributed by atoms with Crippen molar-refractivity contribution in [2.45, 2.75) is 33.2 Å². The van der Waals surface area contributed by atoms with E-state index in [9.17, 15) is 0 Å². The van der Waals surface area contributed by atoms with Crippen molar-refractivity contribution in [1.82, 2.24) is 9.55 Å². The monoisotopic (exact) mass is 263 g/mol. The molecule has 96 valence electrons. The fraction of sp³-hybridized carbons (Fsp3) is 0.357. The second-order valence-corrected chi connectivity index (χ2v) is 5.02.